The maximum atomic E-state index is 13.6. The van der Waals surface area contributed by atoms with Crippen LogP contribution >= 0.6 is 23.2 Å². The maximum absolute atomic E-state index is 13.6. The highest BCUT2D eigenvalue weighted by molar-refractivity contribution is 6.30. The second-order valence-electron chi connectivity index (χ2n) is 4.83. The van der Waals surface area contributed by atoms with Crippen molar-refractivity contribution in [1.82, 2.24) is 5.32 Å². The molecule has 3 nitrogen and oxygen atoms in total. The number of halogens is 3. The first kappa shape index (κ1) is 16.7. The fraction of sp³-hybridized carbons (Fsp3) is 0.188. The molecule has 0 unspecified atom stereocenters. The summed E-state index contributed by atoms with van der Waals surface area (Å²) in [5, 5.41) is 6.50. The average molecular weight is 341 g/mol. The van der Waals surface area contributed by atoms with Gasteiger partial charge in [-0.1, -0.05) is 35.3 Å². The van der Waals surface area contributed by atoms with E-state index in [9.17, 15) is 9.18 Å². The quantitative estimate of drug-likeness (QED) is 0.845. The fourth-order valence-electron chi connectivity index (χ4n) is 1.90. The zero-order valence-corrected chi connectivity index (χ0v) is 13.4. The van der Waals surface area contributed by atoms with Gasteiger partial charge in [0.2, 0.25) is 5.91 Å². The van der Waals surface area contributed by atoms with Gasteiger partial charge in [-0.2, -0.15) is 0 Å². The van der Waals surface area contributed by atoms with Crippen molar-refractivity contribution < 1.29 is 9.18 Å². The molecule has 0 aliphatic rings. The third kappa shape index (κ3) is 4.70. The minimum Gasteiger partial charge on any atom is -0.322 e. The normalized spacial score (nSPS) is 12.0. The van der Waals surface area contributed by atoms with Crippen LogP contribution in [0.15, 0.2) is 42.5 Å². The smallest absolute Gasteiger partial charge is 0.238 e. The highest BCUT2D eigenvalue weighted by atomic mass is 35.5. The number of amides is 1. The van der Waals surface area contributed by atoms with Gasteiger partial charge in [0.25, 0.3) is 0 Å². The van der Waals surface area contributed by atoms with Gasteiger partial charge in [0, 0.05) is 16.1 Å². The van der Waals surface area contributed by atoms with E-state index in [1.807, 2.05) is 19.1 Å². The highest BCUT2D eigenvalue weighted by Crippen LogP contribution is 2.19. The maximum Gasteiger partial charge on any atom is 0.238 e. The minimum absolute atomic E-state index is 0.0296. The summed E-state index contributed by atoms with van der Waals surface area (Å²) in [5.41, 5.74) is 1.12. The molecule has 2 N–H and O–H groups in total. The Labute approximate surface area is 138 Å². The summed E-state index contributed by atoms with van der Waals surface area (Å²) < 4.78 is 13.6. The molecule has 0 heterocycles. The van der Waals surface area contributed by atoms with Gasteiger partial charge >= 0.3 is 0 Å². The van der Waals surface area contributed by atoms with E-state index >= 15 is 0 Å². The fourth-order valence-corrected chi connectivity index (χ4v) is 2.19. The highest BCUT2D eigenvalue weighted by Gasteiger charge is 2.10. The van der Waals surface area contributed by atoms with E-state index in [0.29, 0.717) is 5.02 Å². The predicted octanol–water partition coefficient (Wildman–Crippen LogP) is 4.42. The predicted molar refractivity (Wildman–Crippen MR) is 87.9 cm³/mol. The van der Waals surface area contributed by atoms with Crippen LogP contribution in [0, 0.1) is 5.82 Å². The molecule has 2 aromatic rings. The second-order valence-corrected chi connectivity index (χ2v) is 5.70. The first-order valence-corrected chi connectivity index (χ1v) is 7.45. The summed E-state index contributed by atoms with van der Waals surface area (Å²) in [6.45, 7) is 1.99. The van der Waals surface area contributed by atoms with Gasteiger partial charge in [-0.05, 0) is 42.8 Å². The van der Waals surface area contributed by atoms with Crippen LogP contribution in [0.25, 0.3) is 0 Å². The number of hydrogen-bond donors (Lipinski definition) is 2. The first-order chi connectivity index (χ1) is 10.5. The molecule has 2 rings (SSSR count). The van der Waals surface area contributed by atoms with Crippen LogP contribution in [0.2, 0.25) is 10.0 Å². The van der Waals surface area contributed by atoms with Crippen molar-refractivity contribution in [3.63, 3.8) is 0 Å². The average Bonchev–Trinajstić information content (AvgIpc) is 2.48. The number of nitrogens with one attached hydrogen (secondary N) is 2. The van der Waals surface area contributed by atoms with Crippen LogP contribution in [-0.2, 0) is 4.79 Å². The lowest BCUT2D eigenvalue weighted by atomic mass is 10.1. The third-order valence-corrected chi connectivity index (χ3v) is 3.63. The molecule has 0 aliphatic heterocycles. The topological polar surface area (TPSA) is 41.1 Å². The number of anilines is 1. The van der Waals surface area contributed by atoms with E-state index in [0.717, 1.165) is 11.6 Å². The minimum atomic E-state index is -0.563. The van der Waals surface area contributed by atoms with Crippen LogP contribution in [0.4, 0.5) is 10.1 Å². The molecule has 1 atom stereocenters. The molecule has 0 aromatic heterocycles. The second kappa shape index (κ2) is 7.58. The Bertz CT molecular complexity index is 662. The Balaban J connectivity index is 1.88. The number of carbonyl (C=O) groups is 1. The molecule has 6 heteroatoms. The van der Waals surface area contributed by atoms with Crippen molar-refractivity contribution >= 4 is 34.8 Å². The van der Waals surface area contributed by atoms with Gasteiger partial charge in [0.15, 0.2) is 0 Å². The molecule has 0 radical (unpaired) electrons. The van der Waals surface area contributed by atoms with Gasteiger partial charge in [-0.25, -0.2) is 4.39 Å². The van der Waals surface area contributed by atoms with Gasteiger partial charge in [0.1, 0.15) is 5.82 Å². The van der Waals surface area contributed by atoms with Crippen molar-refractivity contribution in [2.75, 3.05) is 11.9 Å². The van der Waals surface area contributed by atoms with Crippen LogP contribution in [0.5, 0.6) is 0 Å². The largest absolute Gasteiger partial charge is 0.322 e. The van der Waals surface area contributed by atoms with Crippen molar-refractivity contribution in [2.45, 2.75) is 13.0 Å². The Kier molecular flexibility index (Phi) is 5.77. The molecule has 0 fully saturated rings. The Hall–Kier alpha value is -1.62. The summed E-state index contributed by atoms with van der Waals surface area (Å²) in [6, 6.07) is 11.4. The van der Waals surface area contributed by atoms with E-state index in [4.69, 9.17) is 23.2 Å². The van der Waals surface area contributed by atoms with Crippen molar-refractivity contribution in [3.05, 3.63) is 63.9 Å². The van der Waals surface area contributed by atoms with Crippen molar-refractivity contribution in [2.24, 2.45) is 0 Å². The van der Waals surface area contributed by atoms with Gasteiger partial charge < -0.3 is 10.6 Å². The molecule has 0 saturated carbocycles. The van der Waals surface area contributed by atoms with Gasteiger partial charge in [-0.15, -0.1) is 0 Å². The van der Waals surface area contributed by atoms with Crippen LogP contribution in [0.1, 0.15) is 18.5 Å². The van der Waals surface area contributed by atoms with Crippen LogP contribution in [-0.4, -0.2) is 12.5 Å². The molecule has 0 bridgehead atoms. The van der Waals surface area contributed by atoms with Crippen LogP contribution in [0.3, 0.4) is 0 Å². The third-order valence-electron chi connectivity index (χ3n) is 3.14. The summed E-state index contributed by atoms with van der Waals surface area (Å²) >= 11 is 11.5. The number of carbonyl (C=O) groups excluding carboxylic acids is 1. The number of rotatable bonds is 5. The number of benzene rings is 2. The monoisotopic (exact) mass is 340 g/mol. The molecule has 1 amide bonds. The summed E-state index contributed by atoms with van der Waals surface area (Å²) in [7, 11) is 0. The lowest BCUT2D eigenvalue weighted by Crippen LogP contribution is -2.30. The lowest BCUT2D eigenvalue weighted by Gasteiger charge is -2.14. The van der Waals surface area contributed by atoms with Crippen molar-refractivity contribution in [3.8, 4) is 0 Å². The van der Waals surface area contributed by atoms with E-state index < -0.39 is 5.82 Å². The first-order valence-electron chi connectivity index (χ1n) is 6.69. The molecular weight excluding hydrogens is 326 g/mol. The lowest BCUT2D eigenvalue weighted by molar-refractivity contribution is -0.115. The molecule has 116 valence electrons. The van der Waals surface area contributed by atoms with E-state index in [-0.39, 0.29) is 29.2 Å². The summed E-state index contributed by atoms with van der Waals surface area (Å²) in [6.07, 6.45) is 0. The van der Waals surface area contributed by atoms with Crippen LogP contribution < -0.4 is 10.6 Å². The Morgan fingerprint density at radius 2 is 1.77 bits per heavy atom. The number of hydrogen-bond acceptors (Lipinski definition) is 2. The summed E-state index contributed by atoms with van der Waals surface area (Å²) in [5.74, 6) is -0.895. The van der Waals surface area contributed by atoms with E-state index in [2.05, 4.69) is 10.6 Å². The van der Waals surface area contributed by atoms with Gasteiger partial charge in [0.05, 0.1) is 12.2 Å². The Morgan fingerprint density at radius 1 is 1.14 bits per heavy atom. The molecule has 2 aromatic carbocycles. The molecule has 0 spiro atoms. The molecular formula is C16H15Cl2FN2O. The SMILES string of the molecule is C[C@@H](NCC(=O)Nc1ccc(Cl)cc1F)c1ccc(Cl)cc1. The summed E-state index contributed by atoms with van der Waals surface area (Å²) in [4.78, 5) is 11.8. The molecule has 0 saturated heterocycles. The molecule has 0 aliphatic carbocycles. The van der Waals surface area contributed by atoms with Gasteiger partial charge in [-0.3, -0.25) is 4.79 Å². The standard InChI is InChI=1S/C16H15Cl2FN2O/c1-10(11-2-4-12(17)5-3-11)20-9-16(22)21-15-7-6-13(18)8-14(15)19/h2-8,10,20H,9H2,1H3,(H,21,22)/t10-/m1/s1. The van der Waals surface area contributed by atoms with E-state index in [1.165, 1.54) is 12.1 Å². The molecule has 22 heavy (non-hydrogen) atoms. The van der Waals surface area contributed by atoms with E-state index in [1.54, 1.807) is 12.1 Å². The van der Waals surface area contributed by atoms with Crippen molar-refractivity contribution in [1.29, 1.82) is 0 Å². The zero-order chi connectivity index (χ0) is 16.1. The zero-order valence-electron chi connectivity index (χ0n) is 11.9. The Morgan fingerprint density at radius 3 is 2.41 bits per heavy atom.